The summed E-state index contributed by atoms with van der Waals surface area (Å²) in [4.78, 5) is 30.5. The Balaban J connectivity index is 1.71. The number of hydrogen-bond acceptors (Lipinski definition) is 5. The minimum atomic E-state index is -0.609. The van der Waals surface area contributed by atoms with E-state index in [4.69, 9.17) is 11.5 Å². The molecule has 3 rings (SSSR count). The van der Waals surface area contributed by atoms with Crippen LogP contribution in [0.25, 0.3) is 0 Å². The molecule has 0 bridgehead atoms. The first-order valence-electron chi connectivity index (χ1n) is 12.9. The summed E-state index contributed by atoms with van der Waals surface area (Å²) in [5, 5.41) is 6.06. The van der Waals surface area contributed by atoms with E-state index in [-0.39, 0.29) is 17.7 Å². The van der Waals surface area contributed by atoms with E-state index in [1.54, 1.807) is 6.07 Å². The van der Waals surface area contributed by atoms with Crippen LogP contribution >= 0.6 is 0 Å². The Morgan fingerprint density at radius 1 is 1.12 bits per heavy atom. The minimum Gasteiger partial charge on any atom is -0.384 e. The van der Waals surface area contributed by atoms with Gasteiger partial charge in [-0.25, -0.2) is 4.98 Å². The van der Waals surface area contributed by atoms with Gasteiger partial charge in [-0.2, -0.15) is 0 Å². The van der Waals surface area contributed by atoms with Gasteiger partial charge in [-0.1, -0.05) is 64.9 Å². The van der Waals surface area contributed by atoms with Crippen LogP contribution in [-0.2, 0) is 16.1 Å². The highest BCUT2D eigenvalue weighted by atomic mass is 16.2. The van der Waals surface area contributed by atoms with Gasteiger partial charge in [0.25, 0.3) is 0 Å². The lowest BCUT2D eigenvalue weighted by molar-refractivity contribution is -0.131. The zero-order valence-electron chi connectivity index (χ0n) is 20.6. The number of nitrogen functional groups attached to an aromatic ring is 1. The van der Waals surface area contributed by atoms with Gasteiger partial charge < -0.3 is 22.1 Å². The number of aryl methyl sites for hydroxylation is 1. The molecular weight excluding hydrogens is 414 g/mol. The molecule has 0 aliphatic heterocycles. The first-order chi connectivity index (χ1) is 15.8. The van der Waals surface area contributed by atoms with Crippen LogP contribution in [0.15, 0.2) is 12.1 Å². The monoisotopic (exact) mass is 457 g/mol. The van der Waals surface area contributed by atoms with Crippen LogP contribution in [0.1, 0.15) is 82.9 Å². The lowest BCUT2D eigenvalue weighted by Crippen LogP contribution is -2.54. The number of nitrogens with zero attached hydrogens (tertiary/aromatic N) is 1. The van der Waals surface area contributed by atoms with Crippen molar-refractivity contribution < 1.29 is 9.59 Å². The molecule has 0 aromatic carbocycles. The number of nitrogens with one attached hydrogen (secondary N) is 2. The van der Waals surface area contributed by atoms with Gasteiger partial charge >= 0.3 is 0 Å². The molecular formula is C26H43N5O2. The van der Waals surface area contributed by atoms with E-state index < -0.39 is 12.1 Å². The van der Waals surface area contributed by atoms with E-state index in [0.717, 1.165) is 30.0 Å². The van der Waals surface area contributed by atoms with Gasteiger partial charge in [-0.05, 0) is 55.1 Å². The van der Waals surface area contributed by atoms with Crippen LogP contribution in [-0.4, -0.2) is 28.9 Å². The first kappa shape index (κ1) is 25.5. The highest BCUT2D eigenvalue weighted by Crippen LogP contribution is 2.45. The predicted molar refractivity (Wildman–Crippen MR) is 132 cm³/mol. The molecule has 1 heterocycles. The third-order valence-corrected chi connectivity index (χ3v) is 8.12. The van der Waals surface area contributed by atoms with Crippen LogP contribution in [0.2, 0.25) is 0 Å². The molecule has 2 saturated carbocycles. The van der Waals surface area contributed by atoms with Crippen molar-refractivity contribution in [3.05, 3.63) is 23.4 Å². The van der Waals surface area contributed by atoms with Gasteiger partial charge in [0.1, 0.15) is 11.9 Å². The zero-order chi connectivity index (χ0) is 24.0. The van der Waals surface area contributed by atoms with Crippen molar-refractivity contribution in [2.24, 2.45) is 29.4 Å². The molecule has 0 spiro atoms. The molecule has 0 radical (unpaired) electrons. The SMILES string of the molecule is CCC(C)C(N)C(=O)N[C@H](CC1CCCC2CCCC[C@@H]21)C(=O)NCc1ccc(N)nc1C. The van der Waals surface area contributed by atoms with Crippen molar-refractivity contribution in [1.29, 1.82) is 0 Å². The number of carbonyl (C=O) groups is 2. The summed E-state index contributed by atoms with van der Waals surface area (Å²) in [6.45, 7) is 6.24. The highest BCUT2D eigenvalue weighted by Gasteiger charge is 2.37. The van der Waals surface area contributed by atoms with Gasteiger partial charge in [-0.3, -0.25) is 9.59 Å². The van der Waals surface area contributed by atoms with E-state index in [2.05, 4.69) is 15.6 Å². The Bertz CT molecular complexity index is 812. The number of rotatable bonds is 9. The summed E-state index contributed by atoms with van der Waals surface area (Å²) >= 11 is 0. The number of carbonyl (C=O) groups excluding carboxylic acids is 2. The fourth-order valence-corrected chi connectivity index (χ4v) is 5.78. The van der Waals surface area contributed by atoms with Crippen molar-refractivity contribution in [2.45, 2.75) is 97.2 Å². The van der Waals surface area contributed by atoms with Crippen molar-refractivity contribution in [1.82, 2.24) is 15.6 Å². The number of amides is 2. The number of hydrogen-bond donors (Lipinski definition) is 4. The molecule has 6 N–H and O–H groups in total. The van der Waals surface area contributed by atoms with Gasteiger partial charge in [-0.15, -0.1) is 0 Å². The Labute approximate surface area is 198 Å². The zero-order valence-corrected chi connectivity index (χ0v) is 20.6. The maximum absolute atomic E-state index is 13.3. The Kier molecular flexibility index (Phi) is 9.12. The summed E-state index contributed by atoms with van der Waals surface area (Å²) in [6.07, 6.45) is 10.3. The lowest BCUT2D eigenvalue weighted by Gasteiger charge is -2.42. The molecule has 0 saturated heterocycles. The molecule has 1 aromatic rings. The second-order valence-electron chi connectivity index (χ2n) is 10.3. The molecule has 7 heteroatoms. The largest absolute Gasteiger partial charge is 0.384 e. The van der Waals surface area contributed by atoms with Gasteiger partial charge in [0.2, 0.25) is 11.8 Å². The Morgan fingerprint density at radius 2 is 1.85 bits per heavy atom. The van der Waals surface area contributed by atoms with Crippen LogP contribution in [0, 0.1) is 30.6 Å². The van der Waals surface area contributed by atoms with Crippen molar-refractivity contribution in [2.75, 3.05) is 5.73 Å². The molecule has 184 valence electrons. The molecule has 2 aliphatic rings. The summed E-state index contributed by atoms with van der Waals surface area (Å²) in [6, 6.07) is 2.45. The Morgan fingerprint density at radius 3 is 2.58 bits per heavy atom. The average molecular weight is 458 g/mol. The van der Waals surface area contributed by atoms with Crippen molar-refractivity contribution in [3.8, 4) is 0 Å². The number of nitrogens with two attached hydrogens (primary N) is 2. The number of anilines is 1. The van der Waals surface area contributed by atoms with E-state index >= 15 is 0 Å². The smallest absolute Gasteiger partial charge is 0.242 e. The molecule has 2 amide bonds. The first-order valence-corrected chi connectivity index (χ1v) is 12.9. The molecule has 33 heavy (non-hydrogen) atoms. The van der Waals surface area contributed by atoms with Crippen molar-refractivity contribution >= 4 is 17.6 Å². The molecule has 7 nitrogen and oxygen atoms in total. The molecule has 1 aromatic heterocycles. The standard InChI is InChI=1S/C26H43N5O2/c1-4-16(2)24(28)26(33)31-22(14-19-10-7-9-18-8-5-6-11-21(18)19)25(32)29-15-20-12-13-23(27)30-17(20)3/h12-13,16,18-19,21-22,24H,4-11,14-15,28H2,1-3H3,(H2,27,30)(H,29,32)(H,31,33)/t16?,18?,19?,21-,22+,24?/m0/s1. The summed E-state index contributed by atoms with van der Waals surface area (Å²) < 4.78 is 0. The molecule has 6 atom stereocenters. The normalized spacial score (nSPS) is 25.4. The highest BCUT2D eigenvalue weighted by molar-refractivity contribution is 5.89. The van der Waals surface area contributed by atoms with E-state index in [0.29, 0.717) is 30.6 Å². The second-order valence-corrected chi connectivity index (χ2v) is 10.3. The summed E-state index contributed by atoms with van der Waals surface area (Å²) in [7, 11) is 0. The molecule has 2 aliphatic carbocycles. The van der Waals surface area contributed by atoms with E-state index in [9.17, 15) is 9.59 Å². The quantitative estimate of drug-likeness (QED) is 0.452. The van der Waals surface area contributed by atoms with Gasteiger partial charge in [0.05, 0.1) is 6.04 Å². The number of aromatic nitrogens is 1. The average Bonchev–Trinajstić information content (AvgIpc) is 2.82. The maximum atomic E-state index is 13.3. The molecule has 2 fully saturated rings. The van der Waals surface area contributed by atoms with Crippen LogP contribution in [0.3, 0.4) is 0 Å². The number of pyridine rings is 1. The lowest BCUT2D eigenvalue weighted by atomic mass is 9.64. The minimum absolute atomic E-state index is 0.0645. The fourth-order valence-electron chi connectivity index (χ4n) is 5.78. The van der Waals surface area contributed by atoms with E-state index in [1.165, 1.54) is 38.5 Å². The maximum Gasteiger partial charge on any atom is 0.242 e. The van der Waals surface area contributed by atoms with Crippen molar-refractivity contribution in [3.63, 3.8) is 0 Å². The van der Waals surface area contributed by atoms with Gasteiger partial charge in [0.15, 0.2) is 0 Å². The van der Waals surface area contributed by atoms with Crippen LogP contribution in [0.5, 0.6) is 0 Å². The van der Waals surface area contributed by atoms with Gasteiger partial charge in [0, 0.05) is 12.2 Å². The summed E-state index contributed by atoms with van der Waals surface area (Å²) in [5.41, 5.74) is 13.7. The van der Waals surface area contributed by atoms with Crippen LogP contribution in [0.4, 0.5) is 5.82 Å². The summed E-state index contributed by atoms with van der Waals surface area (Å²) in [5.74, 6) is 2.08. The van der Waals surface area contributed by atoms with Crippen LogP contribution < -0.4 is 22.1 Å². The third-order valence-electron chi connectivity index (χ3n) is 8.12. The topological polar surface area (TPSA) is 123 Å². The Hall–Kier alpha value is -2.15. The second kappa shape index (κ2) is 11.8. The predicted octanol–water partition coefficient (Wildman–Crippen LogP) is 3.44. The third kappa shape index (κ3) is 6.69. The fraction of sp³-hybridized carbons (Fsp3) is 0.731. The number of fused-ring (bicyclic) bond motifs is 1. The van der Waals surface area contributed by atoms with E-state index in [1.807, 2.05) is 26.8 Å². The molecule has 4 unspecified atom stereocenters.